The van der Waals surface area contributed by atoms with E-state index in [9.17, 15) is 4.79 Å². The van der Waals surface area contributed by atoms with Crippen molar-refractivity contribution in [2.24, 2.45) is 0 Å². The molecule has 4 aromatic rings. The Hall–Kier alpha value is -3.66. The summed E-state index contributed by atoms with van der Waals surface area (Å²) in [6, 6.07) is 12.1. The van der Waals surface area contributed by atoms with E-state index in [-0.39, 0.29) is 5.91 Å². The Bertz CT molecular complexity index is 1390. The van der Waals surface area contributed by atoms with Gasteiger partial charge in [-0.05, 0) is 67.4 Å². The van der Waals surface area contributed by atoms with Crippen LogP contribution in [0.1, 0.15) is 41.0 Å². The zero-order chi connectivity index (χ0) is 25.7. The molecule has 3 aromatic heterocycles. The number of nitrogens with one attached hydrogen (secondary N) is 2. The molecular formula is C29H33N7O2. The Labute approximate surface area is 222 Å². The number of carbonyl (C=O) groups is 1. The summed E-state index contributed by atoms with van der Waals surface area (Å²) in [4.78, 5) is 27.0. The van der Waals surface area contributed by atoms with Gasteiger partial charge in [-0.15, -0.1) is 0 Å². The number of morpholine rings is 1. The van der Waals surface area contributed by atoms with E-state index in [4.69, 9.17) is 4.74 Å². The van der Waals surface area contributed by atoms with E-state index in [2.05, 4.69) is 41.3 Å². The Morgan fingerprint density at radius 2 is 1.74 bits per heavy atom. The van der Waals surface area contributed by atoms with Gasteiger partial charge in [0.15, 0.2) is 5.69 Å². The highest BCUT2D eigenvalue weighted by atomic mass is 16.5. The molecule has 2 fully saturated rings. The summed E-state index contributed by atoms with van der Waals surface area (Å²) >= 11 is 0. The van der Waals surface area contributed by atoms with Gasteiger partial charge in [0.2, 0.25) is 0 Å². The molecule has 0 saturated carbocycles. The van der Waals surface area contributed by atoms with E-state index in [1.54, 1.807) is 6.20 Å². The molecule has 0 spiro atoms. The number of pyridine rings is 2. The Kier molecular flexibility index (Phi) is 7.39. The van der Waals surface area contributed by atoms with Gasteiger partial charge < -0.3 is 10.1 Å². The molecule has 0 aliphatic carbocycles. The standard InChI is InChI=1S/C29H33N7O2/c37-29(32-24-5-6-25(31-18-24)20-35-8-2-1-3-9-35)28-26-15-22(4-7-27(26)33-34-28)23-14-21(16-30-17-23)19-36-10-12-38-13-11-36/h4-7,14-18H,1-3,8-13,19-20H2,(H,32,37)(H,33,34). The zero-order valence-electron chi connectivity index (χ0n) is 21.5. The summed E-state index contributed by atoms with van der Waals surface area (Å²) < 4.78 is 5.46. The fourth-order valence-electron chi connectivity index (χ4n) is 5.24. The lowest BCUT2D eigenvalue weighted by Gasteiger charge is -2.26. The highest BCUT2D eigenvalue weighted by molar-refractivity contribution is 6.11. The number of anilines is 1. The van der Waals surface area contributed by atoms with Crippen molar-refractivity contribution >= 4 is 22.5 Å². The third kappa shape index (κ3) is 5.75. The minimum Gasteiger partial charge on any atom is -0.379 e. The quantitative estimate of drug-likeness (QED) is 0.386. The third-order valence-corrected chi connectivity index (χ3v) is 7.33. The molecule has 9 heteroatoms. The monoisotopic (exact) mass is 511 g/mol. The molecule has 2 aliphatic heterocycles. The van der Waals surface area contributed by atoms with Gasteiger partial charge in [0.1, 0.15) is 0 Å². The summed E-state index contributed by atoms with van der Waals surface area (Å²) in [7, 11) is 0. The predicted molar refractivity (Wildman–Crippen MR) is 147 cm³/mol. The molecule has 196 valence electrons. The minimum absolute atomic E-state index is 0.266. The number of hydrogen-bond donors (Lipinski definition) is 2. The van der Waals surface area contributed by atoms with Gasteiger partial charge >= 0.3 is 0 Å². The maximum absolute atomic E-state index is 13.2. The molecule has 2 saturated heterocycles. The van der Waals surface area contributed by atoms with Crippen molar-refractivity contribution in [2.75, 3.05) is 44.7 Å². The molecule has 1 aromatic carbocycles. The van der Waals surface area contributed by atoms with Gasteiger partial charge in [0, 0.05) is 49.5 Å². The van der Waals surface area contributed by atoms with Crippen molar-refractivity contribution in [1.29, 1.82) is 0 Å². The van der Waals surface area contributed by atoms with E-state index >= 15 is 0 Å². The van der Waals surface area contributed by atoms with Gasteiger partial charge in [-0.2, -0.15) is 5.10 Å². The molecule has 1 amide bonds. The van der Waals surface area contributed by atoms with Crippen molar-refractivity contribution in [1.82, 2.24) is 30.0 Å². The lowest BCUT2D eigenvalue weighted by atomic mass is 10.0. The summed E-state index contributed by atoms with van der Waals surface area (Å²) in [6.07, 6.45) is 9.33. The second-order valence-electron chi connectivity index (χ2n) is 10.1. The third-order valence-electron chi connectivity index (χ3n) is 7.33. The summed E-state index contributed by atoms with van der Waals surface area (Å²) in [5, 5.41) is 11.0. The van der Waals surface area contributed by atoms with Crippen LogP contribution < -0.4 is 5.32 Å². The lowest BCUT2D eigenvalue weighted by molar-refractivity contribution is 0.0341. The number of H-pyrrole nitrogens is 1. The molecule has 2 N–H and O–H groups in total. The Balaban J connectivity index is 1.16. The molecule has 2 aliphatic rings. The summed E-state index contributed by atoms with van der Waals surface area (Å²) in [5.74, 6) is -0.266. The van der Waals surface area contributed by atoms with E-state index < -0.39 is 0 Å². The van der Waals surface area contributed by atoms with Crippen molar-refractivity contribution < 1.29 is 9.53 Å². The molecule has 0 radical (unpaired) electrons. The number of aromatic amines is 1. The van der Waals surface area contributed by atoms with Crippen LogP contribution in [0.4, 0.5) is 5.69 Å². The van der Waals surface area contributed by atoms with Gasteiger partial charge in [0.05, 0.1) is 36.3 Å². The van der Waals surface area contributed by atoms with Gasteiger partial charge in [-0.25, -0.2) is 0 Å². The van der Waals surface area contributed by atoms with Gasteiger partial charge in [-0.1, -0.05) is 12.5 Å². The number of ether oxygens (including phenoxy) is 1. The first-order chi connectivity index (χ1) is 18.7. The van der Waals surface area contributed by atoms with E-state index in [0.29, 0.717) is 11.4 Å². The van der Waals surface area contributed by atoms with E-state index in [1.165, 1.54) is 19.3 Å². The number of likely N-dealkylation sites (tertiary alicyclic amines) is 1. The number of fused-ring (bicyclic) bond motifs is 1. The molecule has 9 nitrogen and oxygen atoms in total. The minimum atomic E-state index is -0.266. The maximum Gasteiger partial charge on any atom is 0.276 e. The normalized spacial score (nSPS) is 17.1. The van der Waals surface area contributed by atoms with Crippen LogP contribution in [0.3, 0.4) is 0 Å². The molecule has 5 heterocycles. The predicted octanol–water partition coefficient (Wildman–Crippen LogP) is 4.09. The Morgan fingerprint density at radius 3 is 2.55 bits per heavy atom. The highest BCUT2D eigenvalue weighted by Gasteiger charge is 2.17. The number of hydrogen-bond acceptors (Lipinski definition) is 7. The lowest BCUT2D eigenvalue weighted by Crippen LogP contribution is -2.35. The number of nitrogens with zero attached hydrogens (tertiary/aromatic N) is 5. The fourth-order valence-corrected chi connectivity index (χ4v) is 5.24. The summed E-state index contributed by atoms with van der Waals surface area (Å²) in [6.45, 7) is 7.36. The molecular weight excluding hydrogens is 478 g/mol. The average Bonchev–Trinajstić information content (AvgIpc) is 3.39. The van der Waals surface area contributed by atoms with Crippen LogP contribution in [0, 0.1) is 0 Å². The number of aromatic nitrogens is 4. The van der Waals surface area contributed by atoms with E-state index in [1.807, 2.05) is 42.7 Å². The smallest absolute Gasteiger partial charge is 0.276 e. The van der Waals surface area contributed by atoms with Crippen LogP contribution >= 0.6 is 0 Å². The molecule has 0 unspecified atom stereocenters. The van der Waals surface area contributed by atoms with Gasteiger partial charge in [-0.3, -0.25) is 29.7 Å². The average molecular weight is 512 g/mol. The summed E-state index contributed by atoms with van der Waals surface area (Å²) in [5.41, 5.74) is 6.01. The van der Waals surface area contributed by atoms with Crippen LogP contribution in [0.2, 0.25) is 0 Å². The van der Waals surface area contributed by atoms with Crippen molar-refractivity contribution in [3.05, 3.63) is 71.9 Å². The molecule has 6 rings (SSSR count). The number of rotatable bonds is 7. The first kappa shape index (κ1) is 24.7. The van der Waals surface area contributed by atoms with Gasteiger partial charge in [0.25, 0.3) is 5.91 Å². The second-order valence-corrected chi connectivity index (χ2v) is 10.1. The number of carbonyl (C=O) groups excluding carboxylic acids is 1. The van der Waals surface area contributed by atoms with E-state index in [0.717, 1.165) is 85.8 Å². The Morgan fingerprint density at radius 1 is 0.895 bits per heavy atom. The first-order valence-corrected chi connectivity index (χ1v) is 13.4. The van der Waals surface area contributed by atoms with Crippen LogP contribution in [0.25, 0.3) is 22.0 Å². The topological polar surface area (TPSA) is 99.3 Å². The molecule has 0 atom stereocenters. The first-order valence-electron chi connectivity index (χ1n) is 13.4. The van der Waals surface area contributed by atoms with Crippen molar-refractivity contribution in [2.45, 2.75) is 32.4 Å². The van der Waals surface area contributed by atoms with Crippen LogP contribution in [-0.2, 0) is 17.8 Å². The fraction of sp³-hybridized carbons (Fsp3) is 0.379. The van der Waals surface area contributed by atoms with Crippen LogP contribution in [0.15, 0.2) is 55.0 Å². The van der Waals surface area contributed by atoms with Crippen LogP contribution in [0.5, 0.6) is 0 Å². The largest absolute Gasteiger partial charge is 0.379 e. The highest BCUT2D eigenvalue weighted by Crippen LogP contribution is 2.26. The second kappa shape index (κ2) is 11.4. The van der Waals surface area contributed by atoms with Crippen molar-refractivity contribution in [3.8, 4) is 11.1 Å². The molecule has 38 heavy (non-hydrogen) atoms. The number of piperidine rings is 1. The zero-order valence-corrected chi connectivity index (χ0v) is 21.5. The number of benzene rings is 1. The van der Waals surface area contributed by atoms with Crippen molar-refractivity contribution in [3.63, 3.8) is 0 Å². The SMILES string of the molecule is O=C(Nc1ccc(CN2CCCCC2)nc1)c1n[nH]c2ccc(-c3cncc(CN4CCOCC4)c3)cc12. The van der Waals surface area contributed by atoms with Crippen LogP contribution in [-0.4, -0.2) is 75.3 Å². The molecule has 0 bridgehead atoms. The maximum atomic E-state index is 13.2. The number of amides is 1.